The molecule has 0 aromatic heterocycles. The number of benzene rings is 4. The molecule has 5 rings (SSSR count). The van der Waals surface area contributed by atoms with Crippen molar-refractivity contribution < 1.29 is 43.1 Å². The van der Waals surface area contributed by atoms with Gasteiger partial charge in [0, 0.05) is 5.57 Å². The molecule has 53 heavy (non-hydrogen) atoms. The van der Waals surface area contributed by atoms with Crippen LogP contribution in [-0.4, -0.2) is 60.8 Å². The summed E-state index contributed by atoms with van der Waals surface area (Å²) in [4.78, 5) is 23.9. The first-order chi connectivity index (χ1) is 26.0. The fourth-order valence-electron chi connectivity index (χ4n) is 6.06. The van der Waals surface area contributed by atoms with Crippen LogP contribution in [0, 0.1) is 0 Å². The molecule has 0 aliphatic carbocycles. The number of hydrogen-bond acceptors (Lipinski definition) is 8. The van der Waals surface area contributed by atoms with Crippen molar-refractivity contribution in [2.24, 2.45) is 0 Å². The van der Waals surface area contributed by atoms with Crippen LogP contribution in [0.5, 0.6) is 0 Å². The van der Waals surface area contributed by atoms with E-state index in [4.69, 9.17) is 28.4 Å². The van der Waals surface area contributed by atoms with Crippen molar-refractivity contribution in [3.63, 3.8) is 0 Å². The van der Waals surface area contributed by atoms with Crippen LogP contribution in [0.2, 0.25) is 0 Å². The van der Waals surface area contributed by atoms with Gasteiger partial charge in [0.05, 0.1) is 52.2 Å². The molecule has 278 valence electrons. The Balaban J connectivity index is 1.46. The van der Waals surface area contributed by atoms with E-state index >= 15 is 0 Å². The van der Waals surface area contributed by atoms with Gasteiger partial charge < -0.3 is 33.5 Å². The summed E-state index contributed by atoms with van der Waals surface area (Å²) in [6.07, 6.45) is 2.11. The van der Waals surface area contributed by atoms with Gasteiger partial charge in [-0.05, 0) is 35.6 Å². The SMILES string of the molecule is CCOC(=O)/C(=C\C=C\C[C@H]1O[C@H](COCc2ccccc2)[C@@H](OCc2ccccc2)[C@H](OCc2ccccc2)[C@H]1OCc1ccccc1)CC(=O)O. The van der Waals surface area contributed by atoms with Gasteiger partial charge in [0.1, 0.15) is 24.4 Å². The number of ether oxygens (including phenoxy) is 6. The second-order valence-electron chi connectivity index (χ2n) is 12.6. The van der Waals surface area contributed by atoms with Gasteiger partial charge in [0.2, 0.25) is 0 Å². The third-order valence-electron chi connectivity index (χ3n) is 8.66. The Morgan fingerprint density at radius 2 is 1.09 bits per heavy atom. The van der Waals surface area contributed by atoms with Crippen LogP contribution in [0.25, 0.3) is 0 Å². The first-order valence-electron chi connectivity index (χ1n) is 18.0. The predicted molar refractivity (Wildman–Crippen MR) is 201 cm³/mol. The topological polar surface area (TPSA) is 110 Å². The molecule has 0 spiro atoms. The molecule has 9 nitrogen and oxygen atoms in total. The molecule has 1 heterocycles. The lowest BCUT2D eigenvalue weighted by Crippen LogP contribution is -2.61. The molecule has 0 unspecified atom stereocenters. The molecule has 5 atom stereocenters. The van der Waals surface area contributed by atoms with Gasteiger partial charge in [0.25, 0.3) is 0 Å². The molecule has 0 amide bonds. The number of carboxylic acids is 1. The van der Waals surface area contributed by atoms with Crippen LogP contribution in [0.3, 0.4) is 0 Å². The quantitative estimate of drug-likeness (QED) is 0.0560. The molecule has 1 fully saturated rings. The summed E-state index contributed by atoms with van der Waals surface area (Å²) < 4.78 is 38.4. The lowest BCUT2D eigenvalue weighted by Gasteiger charge is -2.46. The zero-order valence-corrected chi connectivity index (χ0v) is 30.0. The van der Waals surface area contributed by atoms with Crippen molar-refractivity contribution in [1.29, 1.82) is 0 Å². The maximum atomic E-state index is 12.4. The summed E-state index contributed by atoms with van der Waals surface area (Å²) in [5.74, 6) is -1.79. The van der Waals surface area contributed by atoms with Gasteiger partial charge in [-0.1, -0.05) is 140 Å². The molecule has 0 bridgehead atoms. The highest BCUT2D eigenvalue weighted by Gasteiger charge is 2.48. The van der Waals surface area contributed by atoms with E-state index in [1.54, 1.807) is 13.0 Å². The summed E-state index contributed by atoms with van der Waals surface area (Å²) in [6, 6.07) is 39.8. The fourth-order valence-corrected chi connectivity index (χ4v) is 6.06. The Hall–Kier alpha value is -4.90. The minimum absolute atomic E-state index is 0.0441. The number of carboxylic acid groups (broad SMARTS) is 1. The van der Waals surface area contributed by atoms with E-state index in [0.29, 0.717) is 32.8 Å². The molecule has 1 saturated heterocycles. The highest BCUT2D eigenvalue weighted by molar-refractivity contribution is 5.93. The second-order valence-corrected chi connectivity index (χ2v) is 12.6. The highest BCUT2D eigenvalue weighted by Crippen LogP contribution is 2.32. The number of aliphatic carboxylic acids is 1. The predicted octanol–water partition coefficient (Wildman–Crippen LogP) is 7.64. The minimum Gasteiger partial charge on any atom is -0.481 e. The first kappa shape index (κ1) is 39.3. The zero-order chi connectivity index (χ0) is 37.1. The van der Waals surface area contributed by atoms with Gasteiger partial charge in [-0.3, -0.25) is 4.79 Å². The summed E-state index contributed by atoms with van der Waals surface area (Å²) in [6.45, 7) is 3.41. The molecule has 1 aliphatic heterocycles. The average molecular weight is 721 g/mol. The van der Waals surface area contributed by atoms with Crippen molar-refractivity contribution >= 4 is 11.9 Å². The smallest absolute Gasteiger partial charge is 0.334 e. The normalized spacial score (nSPS) is 20.3. The van der Waals surface area contributed by atoms with Crippen molar-refractivity contribution in [3.05, 3.63) is 167 Å². The minimum atomic E-state index is -1.12. The lowest BCUT2D eigenvalue weighted by molar-refractivity contribution is -0.271. The van der Waals surface area contributed by atoms with E-state index < -0.39 is 48.9 Å². The summed E-state index contributed by atoms with van der Waals surface area (Å²) >= 11 is 0. The highest BCUT2D eigenvalue weighted by atomic mass is 16.6. The van der Waals surface area contributed by atoms with Crippen LogP contribution < -0.4 is 0 Å². The van der Waals surface area contributed by atoms with Crippen LogP contribution in [0.1, 0.15) is 42.0 Å². The number of esters is 1. The molecular formula is C44H48O9. The fraction of sp³-hybridized carbons (Fsp3) is 0.318. The Bertz CT molecular complexity index is 1710. The molecular weight excluding hydrogens is 672 g/mol. The maximum Gasteiger partial charge on any atom is 0.334 e. The monoisotopic (exact) mass is 720 g/mol. The Morgan fingerprint density at radius 1 is 0.642 bits per heavy atom. The van der Waals surface area contributed by atoms with Crippen molar-refractivity contribution in [2.75, 3.05) is 13.2 Å². The molecule has 0 radical (unpaired) electrons. The average Bonchev–Trinajstić information content (AvgIpc) is 3.18. The zero-order valence-electron chi connectivity index (χ0n) is 30.0. The lowest BCUT2D eigenvalue weighted by atomic mass is 9.92. The van der Waals surface area contributed by atoms with Crippen LogP contribution in [0.15, 0.2) is 145 Å². The van der Waals surface area contributed by atoms with Gasteiger partial charge in [0.15, 0.2) is 0 Å². The Morgan fingerprint density at radius 3 is 1.57 bits per heavy atom. The molecule has 1 aliphatic rings. The first-order valence-corrected chi connectivity index (χ1v) is 18.0. The van der Waals surface area contributed by atoms with E-state index in [0.717, 1.165) is 22.3 Å². The van der Waals surface area contributed by atoms with Crippen molar-refractivity contribution in [3.8, 4) is 0 Å². The van der Waals surface area contributed by atoms with E-state index in [9.17, 15) is 14.7 Å². The number of carbonyl (C=O) groups is 2. The Labute approximate surface area is 311 Å². The van der Waals surface area contributed by atoms with E-state index in [2.05, 4.69) is 0 Å². The van der Waals surface area contributed by atoms with Gasteiger partial charge in [-0.2, -0.15) is 0 Å². The van der Waals surface area contributed by atoms with Crippen LogP contribution >= 0.6 is 0 Å². The number of carbonyl (C=O) groups excluding carboxylic acids is 1. The third-order valence-corrected chi connectivity index (χ3v) is 8.66. The summed E-state index contributed by atoms with van der Waals surface area (Å²) in [7, 11) is 0. The van der Waals surface area contributed by atoms with Gasteiger partial charge in [-0.25, -0.2) is 4.79 Å². The van der Waals surface area contributed by atoms with E-state index in [-0.39, 0.29) is 18.8 Å². The summed E-state index contributed by atoms with van der Waals surface area (Å²) in [5.41, 5.74) is 4.09. The molecule has 1 N–H and O–H groups in total. The van der Waals surface area contributed by atoms with Crippen LogP contribution in [0.4, 0.5) is 0 Å². The number of hydrogen-bond donors (Lipinski definition) is 1. The molecule has 0 saturated carbocycles. The molecule has 4 aromatic rings. The maximum absolute atomic E-state index is 12.4. The summed E-state index contributed by atoms with van der Waals surface area (Å²) in [5, 5.41) is 9.38. The number of rotatable bonds is 20. The largest absolute Gasteiger partial charge is 0.481 e. The molecule has 9 heteroatoms. The second kappa shape index (κ2) is 21.6. The van der Waals surface area contributed by atoms with Gasteiger partial charge >= 0.3 is 11.9 Å². The van der Waals surface area contributed by atoms with E-state index in [1.807, 2.05) is 127 Å². The third kappa shape index (κ3) is 12.9. The van der Waals surface area contributed by atoms with E-state index in [1.165, 1.54) is 6.08 Å². The number of allylic oxidation sites excluding steroid dienone is 2. The standard InChI is InChI=1S/C44H48O9/c1-2-49-44(47)37(27-40(45)46)25-15-16-26-38-41(50-29-34-19-9-4-10-20-34)43(52-31-36-23-13-6-14-24-36)42(51-30-35-21-11-5-12-22-35)39(53-38)32-48-28-33-17-7-3-8-18-33/h3-25,38-39,41-43H,2,26-32H2,1H3,(H,45,46)/b16-15+,37-25-/t38-,39-,41+,42-,43-/m1/s1. The van der Waals surface area contributed by atoms with Crippen molar-refractivity contribution in [1.82, 2.24) is 0 Å². The Kier molecular flexibility index (Phi) is 16.0. The van der Waals surface area contributed by atoms with Crippen LogP contribution in [-0.2, 0) is 64.4 Å². The molecule has 4 aromatic carbocycles. The van der Waals surface area contributed by atoms with Crippen molar-refractivity contribution in [2.45, 2.75) is 76.7 Å². The van der Waals surface area contributed by atoms with Gasteiger partial charge in [-0.15, -0.1) is 0 Å².